The van der Waals surface area contributed by atoms with Crippen LogP contribution in [0.3, 0.4) is 0 Å². The van der Waals surface area contributed by atoms with Gasteiger partial charge in [-0.25, -0.2) is 4.98 Å². The Bertz CT molecular complexity index is 1130. The van der Waals surface area contributed by atoms with Crippen molar-refractivity contribution in [3.05, 3.63) is 72.3 Å². The molecule has 140 valence electrons. The Hall–Kier alpha value is -3.80. The van der Waals surface area contributed by atoms with E-state index in [0.29, 0.717) is 34.0 Å². The second-order valence-corrected chi connectivity index (χ2v) is 6.12. The Morgan fingerprint density at radius 2 is 1.71 bits per heavy atom. The molecule has 0 spiro atoms. The van der Waals surface area contributed by atoms with Gasteiger partial charge in [-0.15, -0.1) is 0 Å². The number of methoxy groups -OCH3 is 2. The van der Waals surface area contributed by atoms with Crippen molar-refractivity contribution in [2.24, 2.45) is 0 Å². The van der Waals surface area contributed by atoms with E-state index in [4.69, 9.17) is 13.9 Å². The van der Waals surface area contributed by atoms with Gasteiger partial charge < -0.3 is 19.2 Å². The quantitative estimate of drug-likeness (QED) is 0.545. The summed E-state index contributed by atoms with van der Waals surface area (Å²) in [5.74, 6) is 1.71. The summed E-state index contributed by atoms with van der Waals surface area (Å²) in [5, 5.41) is 2.87. The molecule has 4 aromatic rings. The summed E-state index contributed by atoms with van der Waals surface area (Å²) >= 11 is 0. The van der Waals surface area contributed by atoms with Crippen LogP contribution < -0.4 is 14.8 Å². The lowest BCUT2D eigenvalue weighted by Gasteiger charge is -2.06. The Kier molecular flexibility index (Phi) is 4.68. The molecule has 0 unspecified atom stereocenters. The molecule has 4 rings (SSSR count). The number of rotatable bonds is 5. The summed E-state index contributed by atoms with van der Waals surface area (Å²) in [7, 11) is 3.20. The Morgan fingerprint density at radius 3 is 2.46 bits per heavy atom. The van der Waals surface area contributed by atoms with Crippen LogP contribution in [0.1, 0.15) is 10.4 Å². The standard InChI is InChI=1S/C22H18N2O4/c1-26-17-9-6-14(7-10-17)21(25)23-16-8-11-20-19(13-16)24-22(28-20)15-4-3-5-18(12-15)27-2/h3-13H,1-2H3,(H,23,25). The second kappa shape index (κ2) is 7.44. The van der Waals surface area contributed by atoms with Gasteiger partial charge in [0, 0.05) is 16.8 Å². The summed E-state index contributed by atoms with van der Waals surface area (Å²) < 4.78 is 16.2. The largest absolute Gasteiger partial charge is 0.497 e. The molecule has 0 aliphatic heterocycles. The lowest BCUT2D eigenvalue weighted by atomic mass is 10.2. The summed E-state index contributed by atoms with van der Waals surface area (Å²) in [6.45, 7) is 0. The first kappa shape index (κ1) is 17.6. The highest BCUT2D eigenvalue weighted by molar-refractivity contribution is 6.05. The van der Waals surface area contributed by atoms with E-state index in [9.17, 15) is 4.79 Å². The van der Waals surface area contributed by atoms with Crippen molar-refractivity contribution >= 4 is 22.7 Å². The molecule has 0 radical (unpaired) electrons. The molecule has 0 atom stereocenters. The minimum atomic E-state index is -0.210. The molecule has 0 bridgehead atoms. The normalized spacial score (nSPS) is 10.6. The van der Waals surface area contributed by atoms with E-state index in [2.05, 4.69) is 10.3 Å². The molecule has 1 amide bonds. The number of carbonyl (C=O) groups excluding carboxylic acids is 1. The third-order valence-electron chi connectivity index (χ3n) is 4.31. The fraction of sp³-hybridized carbons (Fsp3) is 0.0909. The third-order valence-corrected chi connectivity index (χ3v) is 4.31. The zero-order chi connectivity index (χ0) is 19.5. The number of hydrogen-bond donors (Lipinski definition) is 1. The molecule has 6 heteroatoms. The molecule has 3 aromatic carbocycles. The Morgan fingerprint density at radius 1 is 0.929 bits per heavy atom. The van der Waals surface area contributed by atoms with Gasteiger partial charge in [-0.2, -0.15) is 0 Å². The maximum atomic E-state index is 12.4. The van der Waals surface area contributed by atoms with Crippen LogP contribution in [0.15, 0.2) is 71.1 Å². The topological polar surface area (TPSA) is 73.6 Å². The highest BCUT2D eigenvalue weighted by atomic mass is 16.5. The monoisotopic (exact) mass is 374 g/mol. The first-order chi connectivity index (χ1) is 13.7. The zero-order valence-corrected chi connectivity index (χ0v) is 15.4. The predicted molar refractivity (Wildman–Crippen MR) is 107 cm³/mol. The first-order valence-corrected chi connectivity index (χ1v) is 8.67. The van der Waals surface area contributed by atoms with E-state index in [0.717, 1.165) is 11.3 Å². The molecular weight excluding hydrogens is 356 g/mol. The van der Waals surface area contributed by atoms with Crippen LogP contribution in [-0.2, 0) is 0 Å². The predicted octanol–water partition coefficient (Wildman–Crippen LogP) is 4.76. The van der Waals surface area contributed by atoms with Crippen LogP contribution in [0.25, 0.3) is 22.6 Å². The van der Waals surface area contributed by atoms with Gasteiger partial charge in [0.2, 0.25) is 5.89 Å². The smallest absolute Gasteiger partial charge is 0.255 e. The molecule has 6 nitrogen and oxygen atoms in total. The molecule has 0 aliphatic carbocycles. The van der Waals surface area contributed by atoms with Crippen LogP contribution >= 0.6 is 0 Å². The van der Waals surface area contributed by atoms with Gasteiger partial charge in [-0.05, 0) is 60.7 Å². The highest BCUT2D eigenvalue weighted by Crippen LogP contribution is 2.28. The van der Waals surface area contributed by atoms with Crippen molar-refractivity contribution in [2.75, 3.05) is 19.5 Å². The van der Waals surface area contributed by atoms with Crippen molar-refractivity contribution in [1.29, 1.82) is 0 Å². The van der Waals surface area contributed by atoms with Gasteiger partial charge in [0.25, 0.3) is 5.91 Å². The fourth-order valence-electron chi connectivity index (χ4n) is 2.83. The lowest BCUT2D eigenvalue weighted by molar-refractivity contribution is 0.102. The number of ether oxygens (including phenoxy) is 2. The van der Waals surface area contributed by atoms with Crippen molar-refractivity contribution in [1.82, 2.24) is 4.98 Å². The van der Waals surface area contributed by atoms with E-state index < -0.39 is 0 Å². The maximum absolute atomic E-state index is 12.4. The molecule has 0 fully saturated rings. The summed E-state index contributed by atoms with van der Waals surface area (Å²) in [4.78, 5) is 17.0. The molecule has 0 saturated carbocycles. The van der Waals surface area contributed by atoms with E-state index in [1.54, 1.807) is 56.7 Å². The third kappa shape index (κ3) is 3.53. The van der Waals surface area contributed by atoms with Gasteiger partial charge in [0.05, 0.1) is 14.2 Å². The van der Waals surface area contributed by atoms with E-state index in [-0.39, 0.29) is 5.91 Å². The fourth-order valence-corrected chi connectivity index (χ4v) is 2.83. The minimum absolute atomic E-state index is 0.210. The van der Waals surface area contributed by atoms with Crippen LogP contribution in [-0.4, -0.2) is 25.1 Å². The minimum Gasteiger partial charge on any atom is -0.497 e. The summed E-state index contributed by atoms with van der Waals surface area (Å²) in [6, 6.07) is 19.8. The molecular formula is C22H18N2O4. The molecule has 1 aromatic heterocycles. The number of nitrogens with zero attached hydrogens (tertiary/aromatic N) is 1. The van der Waals surface area contributed by atoms with Gasteiger partial charge in [0.1, 0.15) is 17.0 Å². The number of oxazole rings is 1. The van der Waals surface area contributed by atoms with E-state index in [1.165, 1.54) is 0 Å². The number of amides is 1. The van der Waals surface area contributed by atoms with Crippen molar-refractivity contribution in [2.45, 2.75) is 0 Å². The number of nitrogens with one attached hydrogen (secondary N) is 1. The Labute approximate surface area is 161 Å². The van der Waals surface area contributed by atoms with E-state index >= 15 is 0 Å². The lowest BCUT2D eigenvalue weighted by Crippen LogP contribution is -2.11. The van der Waals surface area contributed by atoms with Gasteiger partial charge >= 0.3 is 0 Å². The van der Waals surface area contributed by atoms with Crippen molar-refractivity contribution < 1.29 is 18.7 Å². The zero-order valence-electron chi connectivity index (χ0n) is 15.4. The number of benzene rings is 3. The number of carbonyl (C=O) groups is 1. The van der Waals surface area contributed by atoms with Gasteiger partial charge in [0.15, 0.2) is 5.58 Å². The average Bonchev–Trinajstić information content (AvgIpc) is 3.17. The summed E-state index contributed by atoms with van der Waals surface area (Å²) in [5.41, 5.74) is 3.29. The van der Waals surface area contributed by atoms with Crippen molar-refractivity contribution in [3.63, 3.8) is 0 Å². The van der Waals surface area contributed by atoms with Crippen LogP contribution in [0.2, 0.25) is 0 Å². The van der Waals surface area contributed by atoms with Crippen LogP contribution in [0.4, 0.5) is 5.69 Å². The SMILES string of the molecule is COc1ccc(C(=O)Nc2ccc3oc(-c4cccc(OC)c4)nc3c2)cc1. The summed E-state index contributed by atoms with van der Waals surface area (Å²) in [6.07, 6.45) is 0. The van der Waals surface area contributed by atoms with E-state index in [1.807, 2.05) is 24.3 Å². The molecule has 28 heavy (non-hydrogen) atoms. The number of hydrogen-bond acceptors (Lipinski definition) is 5. The molecule has 1 N–H and O–H groups in total. The van der Waals surface area contributed by atoms with Crippen LogP contribution in [0, 0.1) is 0 Å². The highest BCUT2D eigenvalue weighted by Gasteiger charge is 2.11. The molecule has 0 saturated heterocycles. The number of aromatic nitrogens is 1. The maximum Gasteiger partial charge on any atom is 0.255 e. The number of fused-ring (bicyclic) bond motifs is 1. The van der Waals surface area contributed by atoms with Crippen LogP contribution in [0.5, 0.6) is 11.5 Å². The number of anilines is 1. The first-order valence-electron chi connectivity index (χ1n) is 8.67. The second-order valence-electron chi connectivity index (χ2n) is 6.12. The van der Waals surface area contributed by atoms with Gasteiger partial charge in [-0.3, -0.25) is 4.79 Å². The molecule has 1 heterocycles. The molecule has 0 aliphatic rings. The van der Waals surface area contributed by atoms with Gasteiger partial charge in [-0.1, -0.05) is 6.07 Å². The van der Waals surface area contributed by atoms with Crippen molar-refractivity contribution in [3.8, 4) is 23.0 Å². The Balaban J connectivity index is 1.58. The average molecular weight is 374 g/mol.